The lowest BCUT2D eigenvalue weighted by atomic mass is 10.1. The van der Waals surface area contributed by atoms with Gasteiger partial charge in [-0.05, 0) is 59.0 Å². The highest BCUT2D eigenvalue weighted by molar-refractivity contribution is 8.00. The van der Waals surface area contributed by atoms with E-state index in [-0.39, 0.29) is 12.2 Å². The smallest absolute Gasteiger partial charge is 0.334 e. The predicted molar refractivity (Wildman–Crippen MR) is 133 cm³/mol. The van der Waals surface area contributed by atoms with Gasteiger partial charge in [-0.15, -0.1) is 0 Å². The van der Waals surface area contributed by atoms with E-state index in [0.717, 1.165) is 39.5 Å². The van der Waals surface area contributed by atoms with Gasteiger partial charge in [0.15, 0.2) is 0 Å². The lowest BCUT2D eigenvalue weighted by molar-refractivity contribution is -0.141. The van der Waals surface area contributed by atoms with E-state index < -0.39 is 17.9 Å². The second kappa shape index (κ2) is 11.0. The average Bonchev–Trinajstić information content (AvgIpc) is 2.87. The second-order valence-electron chi connectivity index (χ2n) is 7.50. The first kappa shape index (κ1) is 24.2. The number of hydrogen-bond acceptors (Lipinski definition) is 4. The number of aromatic nitrogens is 1. The van der Waals surface area contributed by atoms with E-state index in [9.17, 15) is 18.0 Å². The highest BCUT2D eigenvalue weighted by Gasteiger charge is 2.32. The number of halogens is 3. The number of carbonyl (C=O) groups excluding carboxylic acids is 1. The predicted octanol–water partition coefficient (Wildman–Crippen LogP) is 7.21. The first-order chi connectivity index (χ1) is 16.9. The molecule has 0 aliphatic rings. The van der Waals surface area contributed by atoms with E-state index in [2.05, 4.69) is 44.6 Å². The molecule has 0 aliphatic heterocycles. The van der Waals surface area contributed by atoms with Gasteiger partial charge < -0.3 is 15.4 Å². The van der Waals surface area contributed by atoms with Crippen molar-refractivity contribution >= 4 is 29.4 Å². The number of pyridine rings is 1. The van der Waals surface area contributed by atoms with Crippen LogP contribution in [0, 0.1) is 0 Å². The van der Waals surface area contributed by atoms with Gasteiger partial charge in [0.1, 0.15) is 5.69 Å². The Morgan fingerprint density at radius 1 is 0.857 bits per heavy atom. The van der Waals surface area contributed by atoms with Crippen molar-refractivity contribution in [3.8, 4) is 11.1 Å². The molecule has 9 heteroatoms. The molecule has 0 radical (unpaired) electrons. The Kier molecular flexibility index (Phi) is 7.57. The molecule has 0 aliphatic carbocycles. The van der Waals surface area contributed by atoms with Crippen molar-refractivity contribution in [3.63, 3.8) is 0 Å². The topological polar surface area (TPSA) is 66.1 Å². The maximum Gasteiger partial charge on any atom is 0.433 e. The molecule has 0 spiro atoms. The lowest BCUT2D eigenvalue weighted by Gasteiger charge is -2.12. The summed E-state index contributed by atoms with van der Waals surface area (Å²) in [4.78, 5) is 16.4. The van der Waals surface area contributed by atoms with Crippen molar-refractivity contribution in [2.24, 2.45) is 0 Å². The molecular weight excluding hydrogens is 473 g/mol. The molecule has 178 valence electrons. The third-order valence-electron chi connectivity index (χ3n) is 4.97. The summed E-state index contributed by atoms with van der Waals surface area (Å²) in [7, 11) is 0. The fraction of sp³-hybridized carbons (Fsp3) is 0.0769. The maximum absolute atomic E-state index is 12.8. The monoisotopic (exact) mass is 494 g/mol. The van der Waals surface area contributed by atoms with Gasteiger partial charge in [-0.1, -0.05) is 60.7 Å². The van der Waals surface area contributed by atoms with E-state index in [1.807, 2.05) is 54.6 Å². The molecule has 1 heterocycles. The molecule has 4 rings (SSSR count). The summed E-state index contributed by atoms with van der Waals surface area (Å²) in [5.74, 6) is 0. The number of amides is 2. The quantitative estimate of drug-likeness (QED) is 0.238. The Morgan fingerprint density at radius 3 is 2.31 bits per heavy atom. The molecule has 0 bridgehead atoms. The number of benzene rings is 3. The van der Waals surface area contributed by atoms with E-state index >= 15 is 0 Å². The van der Waals surface area contributed by atoms with Crippen molar-refractivity contribution in [1.29, 1.82) is 0 Å². The molecule has 0 saturated heterocycles. The summed E-state index contributed by atoms with van der Waals surface area (Å²) in [6.45, 7) is 0.216. The van der Waals surface area contributed by atoms with Crippen LogP contribution >= 0.6 is 11.9 Å². The first-order valence-corrected chi connectivity index (χ1v) is 11.4. The Hall–Kier alpha value is -3.98. The standard InChI is InChI=1S/C26H21F3N4OS/c27-26(28,29)24-16-21(14-15-30-24)32-25(34)31-17-18-10-12-20(13-11-18)33-35-23-9-5-4-8-22(23)19-6-2-1-3-7-19/h1-16,33H,17H2,(H2,30,31,32,34). The van der Waals surface area contributed by atoms with Gasteiger partial charge in [-0.3, -0.25) is 4.98 Å². The number of urea groups is 1. The second-order valence-corrected chi connectivity index (χ2v) is 8.35. The number of carbonyl (C=O) groups is 1. The molecule has 0 saturated carbocycles. The van der Waals surface area contributed by atoms with Gasteiger partial charge in [-0.25, -0.2) is 4.79 Å². The molecule has 0 unspecified atom stereocenters. The minimum Gasteiger partial charge on any atom is -0.334 e. The first-order valence-electron chi connectivity index (χ1n) is 10.6. The fourth-order valence-electron chi connectivity index (χ4n) is 3.24. The number of nitrogens with one attached hydrogen (secondary N) is 3. The SMILES string of the molecule is O=C(NCc1ccc(NSc2ccccc2-c2ccccc2)cc1)Nc1ccnc(C(F)(F)F)c1. The van der Waals surface area contributed by atoms with Gasteiger partial charge >= 0.3 is 12.2 Å². The third kappa shape index (κ3) is 6.77. The van der Waals surface area contributed by atoms with Crippen LogP contribution in [-0.4, -0.2) is 11.0 Å². The van der Waals surface area contributed by atoms with Crippen molar-refractivity contribution in [2.75, 3.05) is 10.0 Å². The van der Waals surface area contributed by atoms with Crippen LogP contribution < -0.4 is 15.4 Å². The Bertz CT molecular complexity index is 1280. The summed E-state index contributed by atoms with van der Waals surface area (Å²) in [6.07, 6.45) is -3.58. The molecule has 3 N–H and O–H groups in total. The molecule has 4 aromatic rings. The molecule has 5 nitrogen and oxygen atoms in total. The minimum absolute atomic E-state index is 0.0113. The van der Waals surface area contributed by atoms with Crippen molar-refractivity contribution < 1.29 is 18.0 Å². The number of alkyl halides is 3. The van der Waals surface area contributed by atoms with Gasteiger partial charge in [0.25, 0.3) is 0 Å². The van der Waals surface area contributed by atoms with Gasteiger partial charge in [0.05, 0.1) is 0 Å². The minimum atomic E-state index is -4.58. The van der Waals surface area contributed by atoms with Gasteiger partial charge in [0.2, 0.25) is 0 Å². The number of hydrogen-bond donors (Lipinski definition) is 3. The average molecular weight is 495 g/mol. The van der Waals surface area contributed by atoms with Crippen LogP contribution in [0.2, 0.25) is 0 Å². The highest BCUT2D eigenvalue weighted by Crippen LogP contribution is 2.32. The molecule has 35 heavy (non-hydrogen) atoms. The summed E-state index contributed by atoms with van der Waals surface area (Å²) in [5, 5.41) is 5.02. The summed E-state index contributed by atoms with van der Waals surface area (Å²) >= 11 is 1.51. The lowest BCUT2D eigenvalue weighted by Crippen LogP contribution is -2.28. The molecule has 1 aromatic heterocycles. The molecule has 0 atom stereocenters. The van der Waals surface area contributed by atoms with Crippen LogP contribution in [0.15, 0.2) is 102 Å². The normalized spacial score (nSPS) is 11.1. The number of anilines is 2. The van der Waals surface area contributed by atoms with Crippen LogP contribution in [0.5, 0.6) is 0 Å². The van der Waals surface area contributed by atoms with E-state index in [4.69, 9.17) is 0 Å². The number of rotatable bonds is 7. The highest BCUT2D eigenvalue weighted by atomic mass is 32.2. The van der Waals surface area contributed by atoms with Crippen molar-refractivity contribution in [2.45, 2.75) is 17.6 Å². The zero-order valence-electron chi connectivity index (χ0n) is 18.3. The van der Waals surface area contributed by atoms with Crippen LogP contribution in [0.4, 0.5) is 29.3 Å². The molecule has 2 amide bonds. The van der Waals surface area contributed by atoms with Gasteiger partial charge in [-0.2, -0.15) is 13.2 Å². The Balaban J connectivity index is 1.30. The molecular formula is C26H21F3N4OS. The largest absolute Gasteiger partial charge is 0.433 e. The fourth-order valence-corrected chi connectivity index (χ4v) is 4.04. The van der Waals surface area contributed by atoms with Crippen LogP contribution in [0.3, 0.4) is 0 Å². The van der Waals surface area contributed by atoms with Crippen LogP contribution in [0.1, 0.15) is 11.3 Å². The zero-order chi connectivity index (χ0) is 24.7. The van der Waals surface area contributed by atoms with E-state index in [0.29, 0.717) is 0 Å². The maximum atomic E-state index is 12.8. The van der Waals surface area contributed by atoms with E-state index in [1.54, 1.807) is 0 Å². The molecule has 0 fully saturated rings. The summed E-state index contributed by atoms with van der Waals surface area (Å²) < 4.78 is 41.6. The van der Waals surface area contributed by atoms with Crippen LogP contribution in [0.25, 0.3) is 11.1 Å². The Labute approximate surface area is 204 Å². The zero-order valence-corrected chi connectivity index (χ0v) is 19.2. The van der Waals surface area contributed by atoms with E-state index in [1.165, 1.54) is 18.0 Å². The summed E-state index contributed by atoms with van der Waals surface area (Å²) in [5.41, 5.74) is 2.95. The summed E-state index contributed by atoms with van der Waals surface area (Å²) in [6, 6.07) is 27.3. The molecule has 3 aromatic carbocycles. The van der Waals surface area contributed by atoms with Crippen molar-refractivity contribution in [3.05, 3.63) is 108 Å². The van der Waals surface area contributed by atoms with Crippen molar-refractivity contribution in [1.82, 2.24) is 10.3 Å². The van der Waals surface area contributed by atoms with Crippen LogP contribution in [-0.2, 0) is 12.7 Å². The third-order valence-corrected chi connectivity index (χ3v) is 5.88. The Morgan fingerprint density at radius 2 is 1.57 bits per heavy atom. The number of nitrogens with zero attached hydrogens (tertiary/aromatic N) is 1. The van der Waals surface area contributed by atoms with Gasteiger partial charge in [0, 0.05) is 29.0 Å².